The van der Waals surface area contributed by atoms with Crippen LogP contribution in [0.25, 0.3) is 0 Å². The summed E-state index contributed by atoms with van der Waals surface area (Å²) in [4.78, 5) is 0. The number of alkyl halides is 1. The highest BCUT2D eigenvalue weighted by Gasteiger charge is 2.36. The third-order valence-corrected chi connectivity index (χ3v) is 4.25. The lowest BCUT2D eigenvalue weighted by Crippen LogP contribution is -2.33. The Morgan fingerprint density at radius 1 is 1.10 bits per heavy atom. The lowest BCUT2D eigenvalue weighted by atomic mass is 9.72. The van der Waals surface area contributed by atoms with Crippen molar-refractivity contribution in [1.29, 1.82) is 0 Å². The van der Waals surface area contributed by atoms with Gasteiger partial charge >= 0.3 is 0 Å². The Balaban J connectivity index is 2.07. The summed E-state index contributed by atoms with van der Waals surface area (Å²) in [5, 5.41) is 0. The molecule has 0 heterocycles. The minimum absolute atomic E-state index is 0.591. The average Bonchev–Trinajstić information content (AvgIpc) is 1.86. The second-order valence-electron chi connectivity index (χ2n) is 4.01. The highest BCUT2D eigenvalue weighted by molar-refractivity contribution is 9.10. The molecule has 2 bridgehead atoms. The number of rotatable bonds is 0. The van der Waals surface area contributed by atoms with Crippen molar-refractivity contribution in [2.24, 2.45) is 5.92 Å². The molecule has 2 aliphatic rings. The largest absolute Gasteiger partial charge is 0.0853 e. The summed E-state index contributed by atoms with van der Waals surface area (Å²) in [5.74, 6) is 1.07. The van der Waals surface area contributed by atoms with Gasteiger partial charge in [-0.3, -0.25) is 0 Å². The highest BCUT2D eigenvalue weighted by Crippen LogP contribution is 2.47. The molecule has 0 radical (unpaired) electrons. The first kappa shape index (κ1) is 7.15. The lowest BCUT2D eigenvalue weighted by molar-refractivity contribution is 0.222. The van der Waals surface area contributed by atoms with E-state index in [-0.39, 0.29) is 0 Å². The molecular formula is C9H15Br. The number of fused-ring (bicyclic) bond motifs is 2. The zero-order valence-corrected chi connectivity index (χ0v) is 7.99. The van der Waals surface area contributed by atoms with Gasteiger partial charge in [-0.15, -0.1) is 0 Å². The van der Waals surface area contributed by atoms with Gasteiger partial charge in [-0.25, -0.2) is 0 Å². The van der Waals surface area contributed by atoms with Crippen LogP contribution in [0.2, 0.25) is 0 Å². The van der Waals surface area contributed by atoms with Gasteiger partial charge in [-0.1, -0.05) is 41.6 Å². The number of hydrogen-bond acceptors (Lipinski definition) is 0. The van der Waals surface area contributed by atoms with E-state index in [2.05, 4.69) is 15.9 Å². The fourth-order valence-electron chi connectivity index (χ4n) is 2.61. The van der Waals surface area contributed by atoms with Gasteiger partial charge in [-0.05, 0) is 25.2 Å². The summed E-state index contributed by atoms with van der Waals surface area (Å²) >= 11 is 3.89. The Bertz CT molecular complexity index is 121. The fourth-order valence-corrected chi connectivity index (χ4v) is 3.63. The normalized spacial score (nSPS) is 47.1. The molecule has 0 aromatic heterocycles. The van der Waals surface area contributed by atoms with Crippen LogP contribution in [-0.4, -0.2) is 4.32 Å². The Hall–Kier alpha value is 0.480. The van der Waals surface area contributed by atoms with Crippen molar-refractivity contribution in [2.45, 2.75) is 49.3 Å². The molecule has 0 unspecified atom stereocenters. The van der Waals surface area contributed by atoms with Crippen LogP contribution in [0.15, 0.2) is 0 Å². The van der Waals surface area contributed by atoms with Crippen LogP contribution in [0.1, 0.15) is 44.9 Å². The van der Waals surface area contributed by atoms with Gasteiger partial charge in [-0.2, -0.15) is 0 Å². The molecule has 0 saturated heterocycles. The Kier molecular flexibility index (Phi) is 1.79. The van der Waals surface area contributed by atoms with E-state index in [1.165, 1.54) is 44.9 Å². The van der Waals surface area contributed by atoms with E-state index >= 15 is 0 Å². The van der Waals surface area contributed by atoms with E-state index in [4.69, 9.17) is 0 Å². The second kappa shape index (κ2) is 2.51. The number of halogens is 1. The third kappa shape index (κ3) is 1.25. The minimum atomic E-state index is 0.591. The molecule has 1 heteroatoms. The monoisotopic (exact) mass is 202 g/mol. The summed E-state index contributed by atoms with van der Waals surface area (Å²) in [7, 11) is 0. The topological polar surface area (TPSA) is 0 Å². The second-order valence-corrected chi connectivity index (χ2v) is 5.69. The van der Waals surface area contributed by atoms with Gasteiger partial charge in [0.25, 0.3) is 0 Å². The van der Waals surface area contributed by atoms with Crippen LogP contribution in [0, 0.1) is 5.92 Å². The van der Waals surface area contributed by atoms with Crippen molar-refractivity contribution in [3.05, 3.63) is 0 Å². The Morgan fingerprint density at radius 2 is 1.70 bits per heavy atom. The van der Waals surface area contributed by atoms with Crippen molar-refractivity contribution in [2.75, 3.05) is 0 Å². The van der Waals surface area contributed by atoms with Crippen LogP contribution in [0.4, 0.5) is 0 Å². The van der Waals surface area contributed by atoms with E-state index in [1.807, 2.05) is 0 Å². The van der Waals surface area contributed by atoms with Crippen LogP contribution in [0.3, 0.4) is 0 Å². The van der Waals surface area contributed by atoms with E-state index in [0.29, 0.717) is 4.32 Å². The molecule has 0 atom stereocenters. The summed E-state index contributed by atoms with van der Waals surface area (Å²) in [5.41, 5.74) is 0. The summed E-state index contributed by atoms with van der Waals surface area (Å²) in [6.07, 6.45) is 10.3. The number of hydrogen-bond donors (Lipinski definition) is 0. The molecule has 2 aliphatic carbocycles. The van der Waals surface area contributed by atoms with Gasteiger partial charge < -0.3 is 0 Å². The smallest absolute Gasteiger partial charge is 0.0260 e. The van der Waals surface area contributed by atoms with Gasteiger partial charge in [0.1, 0.15) is 0 Å². The maximum Gasteiger partial charge on any atom is 0.0260 e. The molecule has 2 fully saturated rings. The summed E-state index contributed by atoms with van der Waals surface area (Å²) < 4.78 is 0.591. The lowest BCUT2D eigenvalue weighted by Gasteiger charge is -2.41. The van der Waals surface area contributed by atoms with E-state index in [1.54, 1.807) is 0 Å². The molecule has 0 aromatic carbocycles. The molecule has 2 saturated carbocycles. The van der Waals surface area contributed by atoms with Crippen LogP contribution >= 0.6 is 15.9 Å². The molecular weight excluding hydrogens is 188 g/mol. The quantitative estimate of drug-likeness (QED) is 0.528. The zero-order chi connectivity index (χ0) is 7.03. The van der Waals surface area contributed by atoms with Crippen LogP contribution in [-0.2, 0) is 0 Å². The van der Waals surface area contributed by atoms with Crippen molar-refractivity contribution in [1.82, 2.24) is 0 Å². The highest BCUT2D eigenvalue weighted by atomic mass is 79.9. The predicted molar refractivity (Wildman–Crippen MR) is 47.5 cm³/mol. The predicted octanol–water partition coefficient (Wildman–Crippen LogP) is 3.49. The van der Waals surface area contributed by atoms with E-state index in [0.717, 1.165) is 5.92 Å². The molecule has 0 nitrogen and oxygen atoms in total. The Labute approximate surface area is 71.5 Å². The summed E-state index contributed by atoms with van der Waals surface area (Å²) in [6.45, 7) is 0. The van der Waals surface area contributed by atoms with Crippen molar-refractivity contribution < 1.29 is 0 Å². The standard InChI is InChI=1S/C9H15Br/c10-9-5-1-3-8(7-9)4-2-6-9/h8H,1-7H2. The maximum atomic E-state index is 3.89. The third-order valence-electron chi connectivity index (χ3n) is 3.13. The SMILES string of the molecule is BrC12CCCC(CCC1)C2. The first-order valence-electron chi connectivity index (χ1n) is 4.47. The van der Waals surface area contributed by atoms with Crippen molar-refractivity contribution in [3.8, 4) is 0 Å². The van der Waals surface area contributed by atoms with Gasteiger partial charge in [0.15, 0.2) is 0 Å². The van der Waals surface area contributed by atoms with Crippen LogP contribution < -0.4 is 0 Å². The fraction of sp³-hybridized carbons (Fsp3) is 1.00. The van der Waals surface area contributed by atoms with Gasteiger partial charge in [0.2, 0.25) is 0 Å². The Morgan fingerprint density at radius 3 is 2.10 bits per heavy atom. The molecule has 58 valence electrons. The van der Waals surface area contributed by atoms with Crippen LogP contribution in [0.5, 0.6) is 0 Å². The first-order valence-corrected chi connectivity index (χ1v) is 5.27. The van der Waals surface area contributed by atoms with E-state index in [9.17, 15) is 0 Å². The first-order chi connectivity index (χ1) is 4.79. The zero-order valence-electron chi connectivity index (χ0n) is 6.41. The van der Waals surface area contributed by atoms with Gasteiger partial charge in [0.05, 0.1) is 0 Å². The molecule has 0 aromatic rings. The molecule has 0 spiro atoms. The molecule has 0 N–H and O–H groups in total. The molecule has 10 heavy (non-hydrogen) atoms. The van der Waals surface area contributed by atoms with E-state index < -0.39 is 0 Å². The molecule has 2 rings (SSSR count). The summed E-state index contributed by atoms with van der Waals surface area (Å²) in [6, 6.07) is 0. The van der Waals surface area contributed by atoms with Gasteiger partial charge in [0, 0.05) is 4.32 Å². The maximum absolute atomic E-state index is 3.89. The molecule has 0 amide bonds. The van der Waals surface area contributed by atoms with Crippen molar-refractivity contribution >= 4 is 15.9 Å². The average molecular weight is 203 g/mol. The molecule has 0 aliphatic heterocycles. The van der Waals surface area contributed by atoms with Crippen molar-refractivity contribution in [3.63, 3.8) is 0 Å². The minimum Gasteiger partial charge on any atom is -0.0853 e.